The van der Waals surface area contributed by atoms with Crippen LogP contribution >= 0.6 is 11.8 Å². The zero-order chi connectivity index (χ0) is 30.8. The van der Waals surface area contributed by atoms with Crippen molar-refractivity contribution in [3.63, 3.8) is 0 Å². The fraction of sp³-hybridized carbons (Fsp3) is 0.171. The average Bonchev–Trinajstić information content (AvgIpc) is 3.01. The van der Waals surface area contributed by atoms with Crippen LogP contribution in [0.1, 0.15) is 48.2 Å². The number of carbonyl (C=O) groups excluding carboxylic acids is 3. The fourth-order valence-corrected chi connectivity index (χ4v) is 5.07. The Morgan fingerprint density at radius 1 is 0.767 bits per heavy atom. The van der Waals surface area contributed by atoms with Crippen molar-refractivity contribution < 1.29 is 19.1 Å². The Balaban J connectivity index is 1.47. The number of hydrogen-bond acceptors (Lipinski definition) is 5. The van der Waals surface area contributed by atoms with E-state index in [9.17, 15) is 14.4 Å². The molecular formula is C35H35N3O4S. The van der Waals surface area contributed by atoms with E-state index < -0.39 is 11.8 Å². The van der Waals surface area contributed by atoms with Crippen LogP contribution < -0.4 is 20.7 Å². The Morgan fingerprint density at radius 3 is 2.19 bits per heavy atom. The topological polar surface area (TPSA) is 96.5 Å². The monoisotopic (exact) mass is 593 g/mol. The minimum Gasteiger partial charge on any atom is -0.497 e. The summed E-state index contributed by atoms with van der Waals surface area (Å²) in [6.07, 6.45) is 1.59. The Labute approximate surface area is 256 Å². The zero-order valence-corrected chi connectivity index (χ0v) is 25.4. The molecule has 4 rings (SSSR count). The molecule has 43 heavy (non-hydrogen) atoms. The fourth-order valence-electron chi connectivity index (χ4n) is 4.14. The number of nitrogens with one attached hydrogen (secondary N) is 3. The summed E-state index contributed by atoms with van der Waals surface area (Å²) in [6, 6.07) is 31.0. The van der Waals surface area contributed by atoms with Crippen LogP contribution in [0.2, 0.25) is 0 Å². The van der Waals surface area contributed by atoms with Gasteiger partial charge in [-0.1, -0.05) is 62.4 Å². The van der Waals surface area contributed by atoms with E-state index in [2.05, 4.69) is 29.8 Å². The number of hydrogen-bond donors (Lipinski definition) is 3. The van der Waals surface area contributed by atoms with Gasteiger partial charge in [0.1, 0.15) is 11.4 Å². The quantitative estimate of drug-likeness (QED) is 0.125. The molecule has 0 aliphatic rings. The van der Waals surface area contributed by atoms with Gasteiger partial charge in [-0.05, 0) is 84.6 Å². The van der Waals surface area contributed by atoms with Gasteiger partial charge in [0.05, 0.1) is 12.4 Å². The second kappa shape index (κ2) is 14.9. The number of anilines is 2. The van der Waals surface area contributed by atoms with E-state index in [0.717, 1.165) is 10.6 Å². The Hall–Kier alpha value is -4.82. The molecule has 0 saturated carbocycles. The molecule has 3 N–H and O–H groups in total. The molecule has 0 fully saturated rings. The summed E-state index contributed by atoms with van der Waals surface area (Å²) in [6.45, 7) is 6.09. The summed E-state index contributed by atoms with van der Waals surface area (Å²) < 4.78 is 5.30. The molecule has 1 unspecified atom stereocenters. The zero-order valence-electron chi connectivity index (χ0n) is 24.6. The van der Waals surface area contributed by atoms with Gasteiger partial charge in [0, 0.05) is 21.8 Å². The van der Waals surface area contributed by atoms with Crippen molar-refractivity contribution in [1.82, 2.24) is 5.32 Å². The lowest BCUT2D eigenvalue weighted by Gasteiger charge is -2.14. The SMILES string of the molecule is COc1cccc(/C=C(\NC(=O)c2ccccc2)C(=O)Nc2cccc(SC(C)C(=O)Nc3ccc(C(C)C)cc3)c2)c1. The van der Waals surface area contributed by atoms with Crippen LogP contribution in [0.5, 0.6) is 5.75 Å². The molecule has 4 aromatic carbocycles. The van der Waals surface area contributed by atoms with Crippen molar-refractivity contribution in [3.8, 4) is 5.75 Å². The van der Waals surface area contributed by atoms with E-state index in [0.29, 0.717) is 28.5 Å². The van der Waals surface area contributed by atoms with Crippen LogP contribution in [0.3, 0.4) is 0 Å². The predicted molar refractivity (Wildman–Crippen MR) is 174 cm³/mol. The van der Waals surface area contributed by atoms with Crippen molar-refractivity contribution in [3.05, 3.63) is 126 Å². The van der Waals surface area contributed by atoms with Crippen molar-refractivity contribution in [2.75, 3.05) is 17.7 Å². The molecule has 0 aromatic heterocycles. The lowest BCUT2D eigenvalue weighted by molar-refractivity contribution is -0.115. The maximum atomic E-state index is 13.5. The van der Waals surface area contributed by atoms with Gasteiger partial charge in [-0.25, -0.2) is 0 Å². The van der Waals surface area contributed by atoms with Gasteiger partial charge >= 0.3 is 0 Å². The predicted octanol–water partition coefficient (Wildman–Crippen LogP) is 7.35. The molecule has 0 aliphatic heterocycles. The van der Waals surface area contributed by atoms with Crippen LogP contribution in [0.25, 0.3) is 6.08 Å². The van der Waals surface area contributed by atoms with Crippen molar-refractivity contribution in [2.45, 2.75) is 36.8 Å². The van der Waals surface area contributed by atoms with Crippen LogP contribution in [0.15, 0.2) is 114 Å². The first kappa shape index (κ1) is 31.1. The molecule has 1 atom stereocenters. The molecule has 220 valence electrons. The summed E-state index contributed by atoms with van der Waals surface area (Å²) in [4.78, 5) is 40.1. The summed E-state index contributed by atoms with van der Waals surface area (Å²) in [5.41, 5.74) is 3.65. The van der Waals surface area contributed by atoms with Crippen LogP contribution in [-0.4, -0.2) is 30.1 Å². The Kier molecular flexibility index (Phi) is 10.8. The molecule has 0 bridgehead atoms. The smallest absolute Gasteiger partial charge is 0.272 e. The number of ether oxygens (including phenoxy) is 1. The van der Waals surface area contributed by atoms with Gasteiger partial charge in [0.2, 0.25) is 5.91 Å². The minimum absolute atomic E-state index is 0.0661. The van der Waals surface area contributed by atoms with E-state index in [4.69, 9.17) is 4.74 Å². The van der Waals surface area contributed by atoms with E-state index in [1.807, 2.05) is 49.4 Å². The molecule has 3 amide bonds. The van der Waals surface area contributed by atoms with E-state index in [-0.39, 0.29) is 16.9 Å². The molecule has 7 nitrogen and oxygen atoms in total. The maximum Gasteiger partial charge on any atom is 0.272 e. The first-order valence-corrected chi connectivity index (χ1v) is 14.8. The van der Waals surface area contributed by atoms with Crippen molar-refractivity contribution >= 4 is 46.9 Å². The van der Waals surface area contributed by atoms with Gasteiger partial charge in [0.25, 0.3) is 11.8 Å². The molecule has 0 heterocycles. The number of thioether (sulfide) groups is 1. The number of methoxy groups -OCH3 is 1. The van der Waals surface area contributed by atoms with Gasteiger partial charge in [-0.2, -0.15) is 0 Å². The average molecular weight is 594 g/mol. The van der Waals surface area contributed by atoms with Gasteiger partial charge in [-0.15, -0.1) is 11.8 Å². The first-order valence-electron chi connectivity index (χ1n) is 13.9. The largest absolute Gasteiger partial charge is 0.497 e. The third kappa shape index (κ3) is 9.08. The van der Waals surface area contributed by atoms with E-state index in [1.165, 1.54) is 17.3 Å². The molecular weight excluding hydrogens is 558 g/mol. The number of benzene rings is 4. The highest BCUT2D eigenvalue weighted by Crippen LogP contribution is 2.27. The molecule has 4 aromatic rings. The number of rotatable bonds is 11. The second-order valence-electron chi connectivity index (χ2n) is 10.2. The van der Waals surface area contributed by atoms with Crippen LogP contribution in [0, 0.1) is 0 Å². The summed E-state index contributed by atoms with van der Waals surface area (Å²) in [7, 11) is 1.56. The Bertz CT molecular complexity index is 1600. The van der Waals surface area contributed by atoms with Gasteiger partial charge in [0.15, 0.2) is 0 Å². The highest BCUT2D eigenvalue weighted by molar-refractivity contribution is 8.00. The summed E-state index contributed by atoms with van der Waals surface area (Å²) in [5, 5.41) is 8.20. The third-order valence-electron chi connectivity index (χ3n) is 6.55. The Morgan fingerprint density at radius 2 is 1.49 bits per heavy atom. The molecule has 0 saturated heterocycles. The second-order valence-corrected chi connectivity index (χ2v) is 11.6. The minimum atomic E-state index is -0.495. The standard InChI is InChI=1S/C35H35N3O4S/c1-23(2)26-16-18-28(19-17-26)36-33(39)24(3)43-31-15-9-13-29(22-31)37-35(41)32(21-25-10-8-14-30(20-25)42-4)38-34(40)27-11-6-5-7-12-27/h5-24H,1-4H3,(H,36,39)(H,37,41)(H,38,40)/b32-21-. The summed E-state index contributed by atoms with van der Waals surface area (Å²) >= 11 is 1.38. The highest BCUT2D eigenvalue weighted by Gasteiger charge is 2.18. The van der Waals surface area contributed by atoms with Crippen molar-refractivity contribution in [2.24, 2.45) is 0 Å². The number of amides is 3. The highest BCUT2D eigenvalue weighted by atomic mass is 32.2. The van der Waals surface area contributed by atoms with Gasteiger partial charge < -0.3 is 20.7 Å². The molecule has 0 spiro atoms. The first-order chi connectivity index (χ1) is 20.7. The molecule has 0 radical (unpaired) electrons. The van der Waals surface area contributed by atoms with Crippen molar-refractivity contribution in [1.29, 1.82) is 0 Å². The summed E-state index contributed by atoms with van der Waals surface area (Å²) in [5.74, 6) is 0.0144. The number of carbonyl (C=O) groups is 3. The lowest BCUT2D eigenvalue weighted by Crippen LogP contribution is -2.30. The van der Waals surface area contributed by atoms with E-state index in [1.54, 1.807) is 73.8 Å². The normalized spacial score (nSPS) is 11.9. The molecule has 0 aliphatic carbocycles. The lowest BCUT2D eigenvalue weighted by atomic mass is 10.0. The van der Waals surface area contributed by atoms with E-state index >= 15 is 0 Å². The maximum absolute atomic E-state index is 13.5. The third-order valence-corrected chi connectivity index (χ3v) is 7.65. The van der Waals surface area contributed by atoms with Crippen LogP contribution in [-0.2, 0) is 9.59 Å². The molecule has 8 heteroatoms. The van der Waals surface area contributed by atoms with Gasteiger partial charge in [-0.3, -0.25) is 14.4 Å². The van der Waals surface area contributed by atoms with Crippen LogP contribution in [0.4, 0.5) is 11.4 Å².